The smallest absolute Gasteiger partial charge is 0.289 e. The molecule has 0 saturated carbocycles. The molecule has 0 saturated heterocycles. The highest BCUT2D eigenvalue weighted by atomic mass is 31.0. The van der Waals surface area contributed by atoms with Gasteiger partial charge in [0.25, 0.3) is 5.91 Å². The number of nitrogens with one attached hydrogen (secondary N) is 1. The summed E-state index contributed by atoms with van der Waals surface area (Å²) in [5, 5.41) is 4.47. The summed E-state index contributed by atoms with van der Waals surface area (Å²) in [4.78, 5) is 38.7. The van der Waals surface area contributed by atoms with Gasteiger partial charge in [-0.2, -0.15) is 0 Å². The number of hydrogen-bond donors (Lipinski definition) is 1. The van der Waals surface area contributed by atoms with Gasteiger partial charge in [0.2, 0.25) is 11.7 Å². The van der Waals surface area contributed by atoms with Crippen molar-refractivity contribution >= 4 is 46.7 Å². The number of carbonyl (C=O) groups excluding carboxylic acids is 2. The molecule has 0 aliphatic heterocycles. The normalized spacial score (nSPS) is 10.6. The van der Waals surface area contributed by atoms with Crippen LogP contribution in [0.4, 0.5) is 10.2 Å². The quantitative estimate of drug-likeness (QED) is 0.544. The second kappa shape index (κ2) is 10.1. The summed E-state index contributed by atoms with van der Waals surface area (Å²) < 4.78 is 18.4. The maximum atomic E-state index is 13.3. The minimum absolute atomic E-state index is 0.0575. The van der Waals surface area contributed by atoms with E-state index in [-0.39, 0.29) is 23.9 Å². The number of amides is 2. The number of likely N-dealkylation sites (N-methyl/N-ethyl adjacent to an activating group) is 1. The summed E-state index contributed by atoms with van der Waals surface area (Å²) in [6.45, 7) is 1.53. The molecule has 0 bridgehead atoms. The van der Waals surface area contributed by atoms with Crippen molar-refractivity contribution in [3.8, 4) is 17.0 Å². The van der Waals surface area contributed by atoms with E-state index in [1.54, 1.807) is 6.20 Å². The highest BCUT2D eigenvalue weighted by molar-refractivity contribution is 7.29. The van der Waals surface area contributed by atoms with E-state index in [0.29, 0.717) is 5.69 Å². The maximum Gasteiger partial charge on any atom is 0.289 e. The zero-order valence-electron chi connectivity index (χ0n) is 17.7. The molecule has 11 heteroatoms. The van der Waals surface area contributed by atoms with Crippen molar-refractivity contribution < 1.29 is 18.7 Å². The Morgan fingerprint density at radius 2 is 1.94 bits per heavy atom. The lowest BCUT2D eigenvalue weighted by atomic mass is 10.1. The third-order valence-corrected chi connectivity index (χ3v) is 5.45. The standard InChI is InChI=1S/C21H22FN5O3P2/c1-11-8-23-19(26-18(11)14-5-4-13(31)7-16(14)32)21(29)25-10-17(28)27(2)20-15(30-3)6-12(22)9-24-20/h4-9H,10,31-32H2,1-3H3,(H,25,29). The van der Waals surface area contributed by atoms with E-state index in [9.17, 15) is 14.0 Å². The molecule has 8 nitrogen and oxygen atoms in total. The first kappa shape index (κ1) is 23.6. The van der Waals surface area contributed by atoms with Gasteiger partial charge in [0.1, 0.15) is 5.82 Å². The number of carbonyl (C=O) groups is 2. The largest absolute Gasteiger partial charge is 0.493 e. The number of anilines is 1. The molecule has 1 N–H and O–H groups in total. The Bertz CT molecular complexity index is 1190. The molecule has 0 radical (unpaired) electrons. The Kier molecular flexibility index (Phi) is 7.44. The van der Waals surface area contributed by atoms with Gasteiger partial charge in [0, 0.05) is 24.9 Å². The van der Waals surface area contributed by atoms with Crippen molar-refractivity contribution in [3.05, 3.63) is 53.9 Å². The number of halogens is 1. The van der Waals surface area contributed by atoms with Crippen LogP contribution < -0.4 is 25.6 Å². The van der Waals surface area contributed by atoms with E-state index >= 15 is 0 Å². The van der Waals surface area contributed by atoms with Crippen LogP contribution in [0.5, 0.6) is 5.75 Å². The predicted octanol–water partition coefficient (Wildman–Crippen LogP) is 1.39. The van der Waals surface area contributed by atoms with E-state index in [2.05, 4.69) is 38.7 Å². The summed E-state index contributed by atoms with van der Waals surface area (Å²) in [5.41, 5.74) is 2.30. The number of nitrogens with zero attached hydrogens (tertiary/aromatic N) is 4. The van der Waals surface area contributed by atoms with Crippen molar-refractivity contribution in [2.45, 2.75) is 6.92 Å². The summed E-state index contributed by atoms with van der Waals surface area (Å²) in [7, 11) is 8.09. The highest BCUT2D eigenvalue weighted by Crippen LogP contribution is 2.25. The number of aromatic nitrogens is 3. The molecule has 0 spiro atoms. The minimum Gasteiger partial charge on any atom is -0.493 e. The molecule has 3 aromatic rings. The van der Waals surface area contributed by atoms with Crippen LogP contribution in [0.1, 0.15) is 16.2 Å². The van der Waals surface area contributed by atoms with Crippen molar-refractivity contribution in [1.29, 1.82) is 0 Å². The number of benzene rings is 1. The molecule has 2 heterocycles. The molecule has 0 aliphatic rings. The molecule has 2 aromatic heterocycles. The predicted molar refractivity (Wildman–Crippen MR) is 127 cm³/mol. The second-order valence-corrected chi connectivity index (χ2v) is 8.18. The monoisotopic (exact) mass is 473 g/mol. The van der Waals surface area contributed by atoms with Crippen molar-refractivity contribution in [2.75, 3.05) is 25.6 Å². The average Bonchev–Trinajstić information content (AvgIpc) is 2.77. The molecule has 2 unspecified atom stereocenters. The first-order valence-electron chi connectivity index (χ1n) is 9.44. The molecule has 0 aliphatic carbocycles. The molecular weight excluding hydrogens is 451 g/mol. The van der Waals surface area contributed by atoms with Crippen LogP contribution in [-0.2, 0) is 4.79 Å². The van der Waals surface area contributed by atoms with E-state index in [4.69, 9.17) is 4.74 Å². The average molecular weight is 473 g/mol. The van der Waals surface area contributed by atoms with Gasteiger partial charge in [-0.1, -0.05) is 12.1 Å². The van der Waals surface area contributed by atoms with Crippen molar-refractivity contribution in [3.63, 3.8) is 0 Å². The molecule has 3 rings (SSSR count). The van der Waals surface area contributed by atoms with E-state index in [1.165, 1.54) is 19.1 Å². The number of hydrogen-bond acceptors (Lipinski definition) is 6. The van der Waals surface area contributed by atoms with E-state index < -0.39 is 17.6 Å². The first-order valence-corrected chi connectivity index (χ1v) is 10.6. The SMILES string of the molecule is COc1cc(F)cnc1N(C)C(=O)CNC(=O)c1ncc(C)c(-c2ccc(P)cc2P)n1. The third kappa shape index (κ3) is 5.23. The zero-order valence-corrected chi connectivity index (χ0v) is 20.0. The third-order valence-electron chi connectivity index (χ3n) is 4.62. The number of methoxy groups -OCH3 is 1. The fourth-order valence-corrected chi connectivity index (χ4v) is 3.80. The number of pyridine rings is 1. The summed E-state index contributed by atoms with van der Waals surface area (Å²) in [6.07, 6.45) is 2.54. The lowest BCUT2D eigenvalue weighted by Gasteiger charge is -2.18. The van der Waals surface area contributed by atoms with Crippen LogP contribution in [0, 0.1) is 12.7 Å². The van der Waals surface area contributed by atoms with Gasteiger partial charge in [-0.3, -0.25) is 14.5 Å². The van der Waals surface area contributed by atoms with Crippen LogP contribution in [0.25, 0.3) is 11.3 Å². The number of aryl methyl sites for hydroxylation is 1. The van der Waals surface area contributed by atoms with Crippen molar-refractivity contribution in [2.24, 2.45) is 0 Å². The first-order chi connectivity index (χ1) is 15.2. The minimum atomic E-state index is -0.597. The van der Waals surface area contributed by atoms with Gasteiger partial charge in [0.05, 0.1) is 25.5 Å². The lowest BCUT2D eigenvalue weighted by Crippen LogP contribution is -2.39. The van der Waals surface area contributed by atoms with Gasteiger partial charge in [0.15, 0.2) is 11.6 Å². The lowest BCUT2D eigenvalue weighted by molar-refractivity contribution is -0.117. The highest BCUT2D eigenvalue weighted by Gasteiger charge is 2.20. The topological polar surface area (TPSA) is 97.3 Å². The molecule has 0 fully saturated rings. The van der Waals surface area contributed by atoms with Gasteiger partial charge in [-0.05, 0) is 29.2 Å². The van der Waals surface area contributed by atoms with Crippen molar-refractivity contribution in [1.82, 2.24) is 20.3 Å². The molecule has 32 heavy (non-hydrogen) atoms. The van der Waals surface area contributed by atoms with Crippen LogP contribution in [0.2, 0.25) is 0 Å². The van der Waals surface area contributed by atoms with E-state index in [1.807, 2.05) is 25.1 Å². The Morgan fingerprint density at radius 1 is 1.19 bits per heavy atom. The fourth-order valence-electron chi connectivity index (χ4n) is 2.91. The van der Waals surface area contributed by atoms with Crippen LogP contribution in [-0.4, -0.2) is 47.5 Å². The van der Waals surface area contributed by atoms with Crippen LogP contribution in [0.15, 0.2) is 36.7 Å². The Morgan fingerprint density at radius 3 is 2.62 bits per heavy atom. The Hall–Kier alpha value is -3.02. The number of ether oxygens (including phenoxy) is 1. The van der Waals surface area contributed by atoms with Gasteiger partial charge < -0.3 is 10.1 Å². The molecular formula is C21H22FN5O3P2. The second-order valence-electron chi connectivity index (χ2n) is 6.89. The zero-order chi connectivity index (χ0) is 23.4. The molecule has 1 aromatic carbocycles. The van der Waals surface area contributed by atoms with E-state index in [0.717, 1.165) is 34.0 Å². The Labute approximate surface area is 189 Å². The summed E-state index contributed by atoms with van der Waals surface area (Å²) in [5.74, 6) is -1.49. The number of rotatable bonds is 6. The fraction of sp³-hybridized carbons (Fsp3) is 0.190. The molecule has 2 atom stereocenters. The maximum absolute atomic E-state index is 13.3. The molecule has 166 valence electrons. The van der Waals surface area contributed by atoms with Gasteiger partial charge >= 0.3 is 0 Å². The van der Waals surface area contributed by atoms with Crippen LogP contribution in [0.3, 0.4) is 0 Å². The molecule has 2 amide bonds. The van der Waals surface area contributed by atoms with Gasteiger partial charge in [-0.25, -0.2) is 19.3 Å². The Balaban J connectivity index is 1.74. The summed E-state index contributed by atoms with van der Waals surface area (Å²) >= 11 is 0. The van der Waals surface area contributed by atoms with Crippen LogP contribution >= 0.6 is 18.5 Å². The summed E-state index contributed by atoms with van der Waals surface area (Å²) in [6, 6.07) is 6.94. The van der Waals surface area contributed by atoms with Gasteiger partial charge in [-0.15, -0.1) is 18.5 Å².